The second-order valence-electron chi connectivity index (χ2n) is 4.71. The van der Waals surface area contributed by atoms with Gasteiger partial charge in [-0.3, -0.25) is 4.79 Å². The summed E-state index contributed by atoms with van der Waals surface area (Å²) >= 11 is 0. The van der Waals surface area contributed by atoms with Crippen LogP contribution < -0.4 is 10.6 Å². The van der Waals surface area contributed by atoms with Gasteiger partial charge in [-0.05, 0) is 31.7 Å². The van der Waals surface area contributed by atoms with Gasteiger partial charge in [-0.1, -0.05) is 13.3 Å². The van der Waals surface area contributed by atoms with Crippen LogP contribution in [0.3, 0.4) is 0 Å². The van der Waals surface area contributed by atoms with E-state index in [1.807, 2.05) is 0 Å². The van der Waals surface area contributed by atoms with E-state index in [2.05, 4.69) is 17.6 Å². The summed E-state index contributed by atoms with van der Waals surface area (Å²) < 4.78 is 0. The molecule has 3 heteroatoms. The van der Waals surface area contributed by atoms with Gasteiger partial charge < -0.3 is 10.6 Å². The first-order chi connectivity index (χ1) is 6.77. The highest BCUT2D eigenvalue weighted by atomic mass is 16.2. The van der Waals surface area contributed by atoms with Gasteiger partial charge >= 0.3 is 0 Å². The Balaban J connectivity index is 1.79. The minimum atomic E-state index is 0.289. The van der Waals surface area contributed by atoms with Gasteiger partial charge in [0, 0.05) is 18.5 Å². The van der Waals surface area contributed by atoms with E-state index >= 15 is 0 Å². The average molecular weight is 196 g/mol. The zero-order chi connectivity index (χ0) is 9.97. The molecule has 1 aliphatic heterocycles. The zero-order valence-electron chi connectivity index (χ0n) is 8.88. The predicted octanol–water partition coefficient (Wildman–Crippen LogP) is 0.901. The predicted molar refractivity (Wildman–Crippen MR) is 55.9 cm³/mol. The topological polar surface area (TPSA) is 41.1 Å². The maximum Gasteiger partial charge on any atom is 0.223 e. The van der Waals surface area contributed by atoms with Crippen molar-refractivity contribution in [1.29, 1.82) is 0 Å². The molecular formula is C11H20N2O. The third-order valence-corrected chi connectivity index (χ3v) is 3.63. The molecule has 0 aromatic carbocycles. The number of carbonyl (C=O) groups excluding carboxylic acids is 1. The van der Waals surface area contributed by atoms with E-state index in [4.69, 9.17) is 0 Å². The molecule has 80 valence electrons. The Morgan fingerprint density at radius 3 is 2.71 bits per heavy atom. The Kier molecular flexibility index (Phi) is 3.06. The van der Waals surface area contributed by atoms with E-state index in [-0.39, 0.29) is 5.91 Å². The summed E-state index contributed by atoms with van der Waals surface area (Å²) in [4.78, 5) is 11.7. The molecule has 2 N–H and O–H groups in total. The lowest BCUT2D eigenvalue weighted by atomic mass is 9.84. The minimum Gasteiger partial charge on any atom is -0.352 e. The molecule has 0 aromatic heterocycles. The quantitative estimate of drug-likeness (QED) is 0.689. The molecule has 1 saturated heterocycles. The molecule has 1 saturated carbocycles. The van der Waals surface area contributed by atoms with Crippen LogP contribution in [0.5, 0.6) is 0 Å². The van der Waals surface area contributed by atoms with Crippen molar-refractivity contribution in [3.8, 4) is 0 Å². The van der Waals surface area contributed by atoms with Crippen molar-refractivity contribution in [3.63, 3.8) is 0 Å². The fourth-order valence-corrected chi connectivity index (χ4v) is 2.15. The van der Waals surface area contributed by atoms with E-state index in [0.29, 0.717) is 17.9 Å². The molecule has 0 aromatic rings. The van der Waals surface area contributed by atoms with Crippen molar-refractivity contribution in [2.24, 2.45) is 11.8 Å². The van der Waals surface area contributed by atoms with Gasteiger partial charge in [0.15, 0.2) is 0 Å². The molecule has 3 nitrogen and oxygen atoms in total. The number of carbonyl (C=O) groups is 1. The Bertz CT molecular complexity index is 213. The number of amides is 1. The molecule has 1 aliphatic carbocycles. The number of hydrogen-bond acceptors (Lipinski definition) is 2. The first kappa shape index (κ1) is 9.97. The Labute approximate surface area is 85.6 Å². The molecule has 1 amide bonds. The van der Waals surface area contributed by atoms with Crippen LogP contribution in [0.4, 0.5) is 0 Å². The van der Waals surface area contributed by atoms with Crippen LogP contribution in [0.1, 0.15) is 32.6 Å². The Morgan fingerprint density at radius 2 is 2.14 bits per heavy atom. The van der Waals surface area contributed by atoms with Crippen LogP contribution in [0.15, 0.2) is 0 Å². The Hall–Kier alpha value is -0.570. The normalized spacial score (nSPS) is 33.5. The maximum absolute atomic E-state index is 11.7. The monoisotopic (exact) mass is 196 g/mol. The summed E-state index contributed by atoms with van der Waals surface area (Å²) in [6.07, 6.45) is 4.60. The van der Waals surface area contributed by atoms with Crippen LogP contribution in [0.25, 0.3) is 0 Å². The van der Waals surface area contributed by atoms with E-state index in [0.717, 1.165) is 25.9 Å². The van der Waals surface area contributed by atoms with E-state index in [1.165, 1.54) is 12.8 Å². The maximum atomic E-state index is 11.7. The number of piperidine rings is 1. The van der Waals surface area contributed by atoms with Crippen molar-refractivity contribution in [3.05, 3.63) is 0 Å². The summed E-state index contributed by atoms with van der Waals surface area (Å²) in [7, 11) is 0. The van der Waals surface area contributed by atoms with Gasteiger partial charge in [-0.25, -0.2) is 0 Å². The van der Waals surface area contributed by atoms with Crippen molar-refractivity contribution < 1.29 is 4.79 Å². The molecular weight excluding hydrogens is 176 g/mol. The highest BCUT2D eigenvalue weighted by Crippen LogP contribution is 2.26. The van der Waals surface area contributed by atoms with Crippen LogP contribution in [-0.2, 0) is 4.79 Å². The zero-order valence-corrected chi connectivity index (χ0v) is 8.88. The molecule has 14 heavy (non-hydrogen) atoms. The lowest BCUT2D eigenvalue weighted by molar-refractivity contribution is -0.128. The van der Waals surface area contributed by atoms with Gasteiger partial charge in [0.1, 0.15) is 0 Å². The third-order valence-electron chi connectivity index (χ3n) is 3.63. The molecule has 0 spiro atoms. The molecule has 0 bridgehead atoms. The summed E-state index contributed by atoms with van der Waals surface area (Å²) in [5.41, 5.74) is 0. The number of rotatable bonds is 2. The second kappa shape index (κ2) is 4.30. The average Bonchev–Trinajstić information content (AvgIpc) is 2.05. The molecule has 2 fully saturated rings. The number of hydrogen-bond donors (Lipinski definition) is 2. The lowest BCUT2D eigenvalue weighted by Gasteiger charge is -2.33. The second-order valence-corrected chi connectivity index (χ2v) is 4.71. The van der Waals surface area contributed by atoms with Crippen LogP contribution in [0, 0.1) is 11.8 Å². The highest BCUT2D eigenvalue weighted by molar-refractivity contribution is 5.79. The fraction of sp³-hybridized carbons (Fsp3) is 0.909. The molecule has 2 unspecified atom stereocenters. The fourth-order valence-electron chi connectivity index (χ4n) is 2.15. The molecule has 1 heterocycles. The summed E-state index contributed by atoms with van der Waals surface area (Å²) in [5, 5.41) is 6.50. The molecule has 2 atom stereocenters. The van der Waals surface area contributed by atoms with E-state index in [1.54, 1.807) is 0 Å². The van der Waals surface area contributed by atoms with Gasteiger partial charge in [-0.15, -0.1) is 0 Å². The third kappa shape index (κ3) is 2.08. The first-order valence-corrected chi connectivity index (χ1v) is 5.78. The van der Waals surface area contributed by atoms with Crippen LogP contribution in [-0.4, -0.2) is 25.0 Å². The van der Waals surface area contributed by atoms with Gasteiger partial charge in [0.25, 0.3) is 0 Å². The smallest absolute Gasteiger partial charge is 0.223 e. The molecule has 0 radical (unpaired) electrons. The summed E-state index contributed by atoms with van der Waals surface area (Å²) in [6, 6.07) is 0.358. The summed E-state index contributed by atoms with van der Waals surface area (Å²) in [6.45, 7) is 4.27. The van der Waals surface area contributed by atoms with Crippen molar-refractivity contribution in [2.45, 2.75) is 38.6 Å². The lowest BCUT2D eigenvalue weighted by Crippen LogP contribution is -2.52. The van der Waals surface area contributed by atoms with Crippen molar-refractivity contribution >= 4 is 5.91 Å². The van der Waals surface area contributed by atoms with E-state index < -0.39 is 0 Å². The van der Waals surface area contributed by atoms with Crippen molar-refractivity contribution in [2.75, 3.05) is 13.1 Å². The SMILES string of the molecule is CC1CCNCC1NC(=O)C1CCC1. The minimum absolute atomic E-state index is 0.289. The highest BCUT2D eigenvalue weighted by Gasteiger charge is 2.29. The first-order valence-electron chi connectivity index (χ1n) is 5.78. The van der Waals surface area contributed by atoms with Crippen LogP contribution in [0.2, 0.25) is 0 Å². The largest absolute Gasteiger partial charge is 0.352 e. The van der Waals surface area contributed by atoms with Crippen LogP contribution >= 0.6 is 0 Å². The van der Waals surface area contributed by atoms with Gasteiger partial charge in [0.2, 0.25) is 5.91 Å². The van der Waals surface area contributed by atoms with Gasteiger partial charge in [0.05, 0.1) is 0 Å². The van der Waals surface area contributed by atoms with E-state index in [9.17, 15) is 4.79 Å². The number of nitrogens with one attached hydrogen (secondary N) is 2. The standard InChI is InChI=1S/C11H20N2O/c1-8-5-6-12-7-10(8)13-11(14)9-3-2-4-9/h8-10,12H,2-7H2,1H3,(H,13,14). The van der Waals surface area contributed by atoms with Gasteiger partial charge in [-0.2, -0.15) is 0 Å². The Morgan fingerprint density at radius 1 is 1.36 bits per heavy atom. The van der Waals surface area contributed by atoms with Crippen molar-refractivity contribution in [1.82, 2.24) is 10.6 Å². The summed E-state index contributed by atoms with van der Waals surface area (Å²) in [5.74, 6) is 1.24. The molecule has 2 rings (SSSR count). The molecule has 2 aliphatic rings.